The van der Waals surface area contributed by atoms with Gasteiger partial charge in [0.1, 0.15) is 11.4 Å². The van der Waals surface area contributed by atoms with Crippen LogP contribution in [0.25, 0.3) is 11.4 Å². The molecule has 1 aromatic carbocycles. The van der Waals surface area contributed by atoms with Crippen LogP contribution in [0.4, 0.5) is 11.6 Å². The monoisotopic (exact) mass is 455 g/mol. The molecular weight excluding hydrogens is 426 g/mol. The molecule has 2 aromatic heterocycles. The Bertz CT molecular complexity index is 1080. The lowest BCUT2D eigenvalue weighted by Gasteiger charge is -2.29. The molecule has 0 spiro atoms. The van der Waals surface area contributed by atoms with Gasteiger partial charge in [0.15, 0.2) is 0 Å². The van der Waals surface area contributed by atoms with Crippen LogP contribution in [0.3, 0.4) is 0 Å². The molecule has 3 aromatic rings. The Kier molecular flexibility index (Phi) is 7.48. The molecule has 0 radical (unpaired) electrons. The average molecular weight is 456 g/mol. The Morgan fingerprint density at radius 1 is 1.09 bits per heavy atom. The molecule has 1 fully saturated rings. The Morgan fingerprint density at radius 3 is 2.53 bits per heavy atom. The fraction of sp³-hybridized carbons (Fsp3) is 0.391. The van der Waals surface area contributed by atoms with Crippen LogP contribution in [-0.2, 0) is 7.05 Å². The zero-order valence-electron chi connectivity index (χ0n) is 18.6. The van der Waals surface area contributed by atoms with E-state index < -0.39 is 0 Å². The first kappa shape index (κ1) is 23.7. The summed E-state index contributed by atoms with van der Waals surface area (Å²) in [4.78, 5) is 21.7. The second-order valence-electron chi connectivity index (χ2n) is 8.33. The molecule has 4 rings (SSSR count). The molecule has 170 valence electrons. The molecule has 0 aliphatic heterocycles. The van der Waals surface area contributed by atoms with Crippen molar-refractivity contribution in [1.82, 2.24) is 25.1 Å². The second kappa shape index (κ2) is 10.1. The summed E-state index contributed by atoms with van der Waals surface area (Å²) < 4.78 is 1.58. The fourth-order valence-corrected chi connectivity index (χ4v) is 4.12. The van der Waals surface area contributed by atoms with Crippen LogP contribution >= 0.6 is 12.4 Å². The predicted octanol–water partition coefficient (Wildman–Crippen LogP) is 3.66. The topological polar surface area (TPSA) is 111 Å². The minimum Gasteiger partial charge on any atom is -0.346 e. The summed E-state index contributed by atoms with van der Waals surface area (Å²) in [5.74, 6) is 0.318. The van der Waals surface area contributed by atoms with Gasteiger partial charge in [0, 0.05) is 31.0 Å². The zero-order chi connectivity index (χ0) is 22.0. The third-order valence-corrected chi connectivity index (χ3v) is 5.64. The number of hydrogen-bond donors (Lipinski definition) is 3. The quantitative estimate of drug-likeness (QED) is 0.541. The first-order valence-electron chi connectivity index (χ1n) is 10.7. The Morgan fingerprint density at radius 2 is 1.81 bits per heavy atom. The number of aromatic nitrogens is 4. The van der Waals surface area contributed by atoms with Crippen molar-refractivity contribution in [3.63, 3.8) is 0 Å². The minimum absolute atomic E-state index is 0. The number of carbonyl (C=O) groups is 1. The van der Waals surface area contributed by atoms with Crippen molar-refractivity contribution >= 4 is 29.9 Å². The standard InChI is InChI=1S/C23H29N7O.ClH/c1-14-10-15(2)12-16(11-14)26-23-25-9-8-19(28-23)20-13-21(30(3)29-20)22(31)27-18-7-5-4-6-17(18)24;/h8-13,17-18H,4-7,24H2,1-3H3,(H,27,31)(H,25,26,28);1H/t17-,18+;/m0./s1. The summed E-state index contributed by atoms with van der Waals surface area (Å²) in [5.41, 5.74) is 11.2. The van der Waals surface area contributed by atoms with E-state index in [-0.39, 0.29) is 30.4 Å². The van der Waals surface area contributed by atoms with Crippen molar-refractivity contribution in [2.24, 2.45) is 12.8 Å². The molecule has 2 atom stereocenters. The van der Waals surface area contributed by atoms with Gasteiger partial charge in [-0.05, 0) is 62.1 Å². The SMILES string of the molecule is Cc1cc(C)cc(Nc2nccc(-c3cc(C(=O)N[C@@H]4CCCC[C@@H]4N)n(C)n3)n2)c1.Cl. The van der Waals surface area contributed by atoms with Crippen molar-refractivity contribution in [2.45, 2.75) is 51.6 Å². The van der Waals surface area contributed by atoms with Crippen LogP contribution in [0.2, 0.25) is 0 Å². The second-order valence-corrected chi connectivity index (χ2v) is 8.33. The lowest BCUT2D eigenvalue weighted by atomic mass is 9.91. The number of aryl methyl sites for hydroxylation is 3. The number of nitrogens with zero attached hydrogens (tertiary/aromatic N) is 4. The molecule has 4 N–H and O–H groups in total. The van der Waals surface area contributed by atoms with Gasteiger partial charge in [-0.3, -0.25) is 9.48 Å². The van der Waals surface area contributed by atoms with Gasteiger partial charge in [0.2, 0.25) is 5.95 Å². The number of rotatable bonds is 5. The van der Waals surface area contributed by atoms with E-state index in [4.69, 9.17) is 5.73 Å². The molecular formula is C23H30ClN7O. The smallest absolute Gasteiger partial charge is 0.269 e. The van der Waals surface area contributed by atoms with Gasteiger partial charge in [0.25, 0.3) is 5.91 Å². The lowest BCUT2D eigenvalue weighted by Crippen LogP contribution is -2.49. The van der Waals surface area contributed by atoms with Gasteiger partial charge < -0.3 is 16.4 Å². The lowest BCUT2D eigenvalue weighted by molar-refractivity contribution is 0.0911. The Balaban J connectivity index is 0.00000289. The summed E-state index contributed by atoms with van der Waals surface area (Å²) in [7, 11) is 1.76. The molecule has 1 amide bonds. The number of nitrogens with two attached hydrogens (primary N) is 1. The van der Waals surface area contributed by atoms with E-state index in [1.807, 2.05) is 12.1 Å². The van der Waals surface area contributed by atoms with Crippen molar-refractivity contribution in [1.29, 1.82) is 0 Å². The number of carbonyl (C=O) groups excluding carboxylic acids is 1. The highest BCUT2D eigenvalue weighted by Gasteiger charge is 2.25. The van der Waals surface area contributed by atoms with E-state index in [9.17, 15) is 4.79 Å². The van der Waals surface area contributed by atoms with E-state index >= 15 is 0 Å². The van der Waals surface area contributed by atoms with Gasteiger partial charge in [-0.1, -0.05) is 18.9 Å². The summed E-state index contributed by atoms with van der Waals surface area (Å²) in [6, 6.07) is 9.76. The summed E-state index contributed by atoms with van der Waals surface area (Å²) in [6.07, 6.45) is 5.75. The highest BCUT2D eigenvalue weighted by molar-refractivity contribution is 5.93. The van der Waals surface area contributed by atoms with Crippen molar-refractivity contribution in [2.75, 3.05) is 5.32 Å². The van der Waals surface area contributed by atoms with Crippen LogP contribution in [0.15, 0.2) is 36.5 Å². The molecule has 8 nitrogen and oxygen atoms in total. The van der Waals surface area contributed by atoms with Crippen LogP contribution in [0, 0.1) is 13.8 Å². The number of anilines is 2. The molecule has 0 bridgehead atoms. The first-order valence-corrected chi connectivity index (χ1v) is 10.7. The van der Waals surface area contributed by atoms with Crippen LogP contribution in [0.5, 0.6) is 0 Å². The van der Waals surface area contributed by atoms with Gasteiger partial charge in [-0.25, -0.2) is 9.97 Å². The van der Waals surface area contributed by atoms with Gasteiger partial charge in [-0.2, -0.15) is 5.10 Å². The van der Waals surface area contributed by atoms with E-state index in [0.717, 1.165) is 42.5 Å². The Hall–Kier alpha value is -2.97. The minimum atomic E-state index is -0.161. The summed E-state index contributed by atoms with van der Waals surface area (Å²) >= 11 is 0. The van der Waals surface area contributed by atoms with Gasteiger partial charge in [0.05, 0.1) is 5.69 Å². The van der Waals surface area contributed by atoms with Crippen molar-refractivity contribution in [3.8, 4) is 11.4 Å². The van der Waals surface area contributed by atoms with Crippen molar-refractivity contribution < 1.29 is 4.79 Å². The largest absolute Gasteiger partial charge is 0.346 e. The van der Waals surface area contributed by atoms with Crippen LogP contribution in [0.1, 0.15) is 47.3 Å². The fourth-order valence-electron chi connectivity index (χ4n) is 4.12. The molecule has 0 unspecified atom stereocenters. The maximum atomic E-state index is 12.8. The molecule has 1 saturated carbocycles. The maximum absolute atomic E-state index is 12.8. The molecule has 32 heavy (non-hydrogen) atoms. The number of amides is 1. The molecule has 1 aliphatic carbocycles. The number of halogens is 1. The Labute approximate surface area is 194 Å². The van der Waals surface area contributed by atoms with Crippen molar-refractivity contribution in [3.05, 3.63) is 53.3 Å². The third kappa shape index (κ3) is 5.44. The molecule has 2 heterocycles. The number of hydrogen-bond acceptors (Lipinski definition) is 6. The summed E-state index contributed by atoms with van der Waals surface area (Å²) in [6.45, 7) is 4.10. The van der Waals surface area contributed by atoms with Gasteiger partial charge >= 0.3 is 0 Å². The van der Waals surface area contributed by atoms with Crippen LogP contribution in [-0.4, -0.2) is 37.7 Å². The summed E-state index contributed by atoms with van der Waals surface area (Å²) in [5, 5.41) is 10.8. The zero-order valence-corrected chi connectivity index (χ0v) is 19.4. The van der Waals surface area contributed by atoms with E-state index in [1.165, 1.54) is 0 Å². The highest BCUT2D eigenvalue weighted by atomic mass is 35.5. The van der Waals surface area contributed by atoms with E-state index in [1.54, 1.807) is 30.1 Å². The number of nitrogens with one attached hydrogen (secondary N) is 2. The highest BCUT2D eigenvalue weighted by Crippen LogP contribution is 2.22. The number of benzene rings is 1. The third-order valence-electron chi connectivity index (χ3n) is 5.64. The van der Waals surface area contributed by atoms with Gasteiger partial charge in [-0.15, -0.1) is 12.4 Å². The first-order chi connectivity index (χ1) is 14.9. The predicted molar refractivity (Wildman–Crippen MR) is 128 cm³/mol. The van der Waals surface area contributed by atoms with E-state index in [0.29, 0.717) is 23.0 Å². The normalized spacial score (nSPS) is 18.0. The molecule has 1 aliphatic rings. The van der Waals surface area contributed by atoms with E-state index in [2.05, 4.69) is 45.6 Å². The maximum Gasteiger partial charge on any atom is 0.269 e. The molecule has 0 saturated heterocycles. The molecule has 9 heteroatoms. The average Bonchev–Trinajstić information content (AvgIpc) is 3.11. The van der Waals surface area contributed by atoms with Crippen LogP contribution < -0.4 is 16.4 Å².